The molecule has 0 saturated carbocycles. The SMILES string of the molecule is O=C(c1ccc[nH]1)[C@H](O)[C@@H](O)[C@H](O)[C@H](O)CO. The van der Waals surface area contributed by atoms with Crippen molar-refractivity contribution in [3.05, 3.63) is 24.0 Å². The zero-order chi connectivity index (χ0) is 13.0. The highest BCUT2D eigenvalue weighted by Crippen LogP contribution is 2.10. The molecule has 0 bridgehead atoms. The topological polar surface area (TPSA) is 134 Å². The Morgan fingerprint density at radius 3 is 2.35 bits per heavy atom. The first-order valence-corrected chi connectivity index (χ1v) is 4.99. The van der Waals surface area contributed by atoms with Gasteiger partial charge in [-0.15, -0.1) is 0 Å². The van der Waals surface area contributed by atoms with Crippen LogP contribution in [0, 0.1) is 0 Å². The number of aromatic nitrogens is 1. The number of carbonyl (C=O) groups excluding carboxylic acids is 1. The largest absolute Gasteiger partial charge is 0.394 e. The highest BCUT2D eigenvalue weighted by atomic mass is 16.4. The summed E-state index contributed by atoms with van der Waals surface area (Å²) in [4.78, 5) is 14.1. The van der Waals surface area contributed by atoms with E-state index >= 15 is 0 Å². The molecule has 1 aromatic rings. The number of H-pyrrole nitrogens is 1. The summed E-state index contributed by atoms with van der Waals surface area (Å²) < 4.78 is 0. The smallest absolute Gasteiger partial charge is 0.210 e. The van der Waals surface area contributed by atoms with Crippen LogP contribution in [0.1, 0.15) is 10.5 Å². The Kier molecular flexibility index (Phi) is 4.79. The van der Waals surface area contributed by atoms with E-state index in [1.165, 1.54) is 18.3 Å². The predicted octanol–water partition coefficient (Wildman–Crippen LogP) is -2.37. The Hall–Kier alpha value is -1.25. The van der Waals surface area contributed by atoms with Crippen LogP contribution in [-0.4, -0.2) is 67.3 Å². The van der Waals surface area contributed by atoms with Crippen molar-refractivity contribution in [2.75, 3.05) is 6.61 Å². The van der Waals surface area contributed by atoms with E-state index in [1.807, 2.05) is 0 Å². The van der Waals surface area contributed by atoms with Crippen molar-refractivity contribution in [1.82, 2.24) is 4.98 Å². The molecular weight excluding hydrogens is 230 g/mol. The number of aliphatic hydroxyl groups is 5. The molecule has 0 aliphatic rings. The molecule has 0 aromatic carbocycles. The van der Waals surface area contributed by atoms with Crippen LogP contribution >= 0.6 is 0 Å². The van der Waals surface area contributed by atoms with Gasteiger partial charge in [0, 0.05) is 6.20 Å². The Bertz CT molecular complexity index is 352. The maximum atomic E-state index is 11.6. The van der Waals surface area contributed by atoms with E-state index in [1.54, 1.807) is 0 Å². The fourth-order valence-corrected chi connectivity index (χ4v) is 1.32. The molecule has 7 nitrogen and oxygen atoms in total. The summed E-state index contributed by atoms with van der Waals surface area (Å²) in [5.74, 6) is -0.813. The summed E-state index contributed by atoms with van der Waals surface area (Å²) in [5.41, 5.74) is 0.0715. The zero-order valence-electron chi connectivity index (χ0n) is 8.89. The Labute approximate surface area is 97.0 Å². The van der Waals surface area contributed by atoms with Gasteiger partial charge in [0.2, 0.25) is 5.78 Å². The van der Waals surface area contributed by atoms with E-state index in [9.17, 15) is 20.1 Å². The van der Waals surface area contributed by atoms with Crippen LogP contribution in [0.4, 0.5) is 0 Å². The lowest BCUT2D eigenvalue weighted by molar-refractivity contribution is -0.105. The van der Waals surface area contributed by atoms with Crippen LogP contribution in [-0.2, 0) is 0 Å². The van der Waals surface area contributed by atoms with Crippen LogP contribution in [0.2, 0.25) is 0 Å². The number of aliphatic hydroxyl groups excluding tert-OH is 5. The molecule has 0 aliphatic heterocycles. The molecular formula is C10H15NO6. The molecule has 1 heterocycles. The summed E-state index contributed by atoms with van der Waals surface area (Å²) in [5, 5.41) is 45.9. The number of ketones is 1. The van der Waals surface area contributed by atoms with E-state index in [0.29, 0.717) is 0 Å². The maximum absolute atomic E-state index is 11.6. The molecule has 17 heavy (non-hydrogen) atoms. The molecule has 7 heteroatoms. The summed E-state index contributed by atoms with van der Waals surface area (Å²) >= 11 is 0. The summed E-state index contributed by atoms with van der Waals surface area (Å²) in [7, 11) is 0. The fraction of sp³-hybridized carbons (Fsp3) is 0.500. The van der Waals surface area contributed by atoms with E-state index in [2.05, 4.69) is 4.98 Å². The van der Waals surface area contributed by atoms with Gasteiger partial charge in [-0.1, -0.05) is 0 Å². The van der Waals surface area contributed by atoms with E-state index in [4.69, 9.17) is 10.2 Å². The van der Waals surface area contributed by atoms with Crippen molar-refractivity contribution in [3.63, 3.8) is 0 Å². The van der Waals surface area contributed by atoms with Crippen LogP contribution in [0.25, 0.3) is 0 Å². The van der Waals surface area contributed by atoms with Gasteiger partial charge in [0.15, 0.2) is 0 Å². The maximum Gasteiger partial charge on any atom is 0.210 e. The van der Waals surface area contributed by atoms with Gasteiger partial charge < -0.3 is 30.5 Å². The second kappa shape index (κ2) is 5.89. The third kappa shape index (κ3) is 3.11. The highest BCUT2D eigenvalue weighted by molar-refractivity contribution is 5.98. The number of aromatic amines is 1. The summed E-state index contributed by atoms with van der Waals surface area (Å²) in [6.45, 7) is -0.790. The van der Waals surface area contributed by atoms with Crippen LogP contribution in [0.5, 0.6) is 0 Å². The molecule has 0 spiro atoms. The van der Waals surface area contributed by atoms with Crippen molar-refractivity contribution < 1.29 is 30.3 Å². The van der Waals surface area contributed by atoms with Gasteiger partial charge in [0.05, 0.1) is 12.3 Å². The molecule has 6 N–H and O–H groups in total. The Morgan fingerprint density at radius 1 is 1.24 bits per heavy atom. The average molecular weight is 245 g/mol. The van der Waals surface area contributed by atoms with Gasteiger partial charge in [0.1, 0.15) is 24.4 Å². The Morgan fingerprint density at radius 2 is 1.88 bits per heavy atom. The van der Waals surface area contributed by atoms with Gasteiger partial charge in [0.25, 0.3) is 0 Å². The Balaban J connectivity index is 2.69. The molecule has 0 saturated heterocycles. The lowest BCUT2D eigenvalue weighted by Crippen LogP contribution is -2.48. The molecule has 0 fully saturated rings. The first-order chi connectivity index (χ1) is 7.99. The molecule has 96 valence electrons. The van der Waals surface area contributed by atoms with Crippen LogP contribution in [0.15, 0.2) is 18.3 Å². The third-order valence-corrected chi connectivity index (χ3v) is 2.39. The predicted molar refractivity (Wildman–Crippen MR) is 56.2 cm³/mol. The van der Waals surface area contributed by atoms with Crippen molar-refractivity contribution in [3.8, 4) is 0 Å². The normalized spacial score (nSPS) is 18.4. The number of carbonyl (C=O) groups is 1. The molecule has 0 unspecified atom stereocenters. The van der Waals surface area contributed by atoms with Crippen LogP contribution in [0.3, 0.4) is 0 Å². The van der Waals surface area contributed by atoms with Crippen molar-refractivity contribution in [2.24, 2.45) is 0 Å². The van der Waals surface area contributed by atoms with Crippen molar-refractivity contribution in [2.45, 2.75) is 24.4 Å². The van der Waals surface area contributed by atoms with Crippen molar-refractivity contribution in [1.29, 1.82) is 0 Å². The lowest BCUT2D eigenvalue weighted by Gasteiger charge is -2.24. The van der Waals surface area contributed by atoms with E-state index in [-0.39, 0.29) is 5.69 Å². The monoisotopic (exact) mass is 245 g/mol. The molecule has 0 radical (unpaired) electrons. The standard InChI is InChI=1S/C10H15NO6/c12-4-6(13)8(15)10(17)9(16)7(14)5-2-1-3-11-5/h1-3,6,8-13,15-17H,4H2/t6-,8-,9+,10+/m1/s1. The second-order valence-corrected chi connectivity index (χ2v) is 3.62. The number of hydrogen-bond acceptors (Lipinski definition) is 6. The van der Waals surface area contributed by atoms with E-state index in [0.717, 1.165) is 0 Å². The molecule has 1 rings (SSSR count). The third-order valence-electron chi connectivity index (χ3n) is 2.39. The minimum absolute atomic E-state index is 0.0715. The number of hydrogen-bond donors (Lipinski definition) is 6. The van der Waals surface area contributed by atoms with Gasteiger partial charge in [-0.2, -0.15) is 0 Å². The first kappa shape index (κ1) is 13.8. The summed E-state index contributed by atoms with van der Waals surface area (Å²) in [6, 6.07) is 2.93. The zero-order valence-corrected chi connectivity index (χ0v) is 8.89. The van der Waals surface area contributed by atoms with Gasteiger partial charge >= 0.3 is 0 Å². The van der Waals surface area contributed by atoms with E-state index < -0.39 is 36.8 Å². The molecule has 4 atom stereocenters. The minimum Gasteiger partial charge on any atom is -0.394 e. The van der Waals surface area contributed by atoms with Gasteiger partial charge in [-0.3, -0.25) is 4.79 Å². The fourth-order valence-electron chi connectivity index (χ4n) is 1.32. The van der Waals surface area contributed by atoms with Gasteiger partial charge in [-0.25, -0.2) is 0 Å². The number of Topliss-reactive ketones (excluding diaryl/α,β-unsaturated/α-hetero) is 1. The average Bonchev–Trinajstić information content (AvgIpc) is 2.87. The first-order valence-electron chi connectivity index (χ1n) is 4.99. The highest BCUT2D eigenvalue weighted by Gasteiger charge is 2.34. The number of rotatable bonds is 6. The molecule has 0 amide bonds. The second-order valence-electron chi connectivity index (χ2n) is 3.62. The summed E-state index contributed by atoms with van der Waals surface area (Å²) in [6.07, 6.45) is -5.74. The number of nitrogens with one attached hydrogen (secondary N) is 1. The van der Waals surface area contributed by atoms with Crippen molar-refractivity contribution >= 4 is 5.78 Å². The minimum atomic E-state index is -1.88. The molecule has 1 aromatic heterocycles. The lowest BCUT2D eigenvalue weighted by atomic mass is 9.99. The quantitative estimate of drug-likeness (QED) is 0.310. The van der Waals surface area contributed by atoms with Gasteiger partial charge in [-0.05, 0) is 12.1 Å². The van der Waals surface area contributed by atoms with Crippen LogP contribution < -0.4 is 0 Å². The molecule has 0 aliphatic carbocycles.